The first-order valence-electron chi connectivity index (χ1n) is 7.04. The number of nitrogens with two attached hydrogens (primary N) is 1. The highest BCUT2D eigenvalue weighted by molar-refractivity contribution is 5.81. The largest absolute Gasteiger partial charge is 0.465 e. The van der Waals surface area contributed by atoms with Gasteiger partial charge < -0.3 is 15.2 Å². The summed E-state index contributed by atoms with van der Waals surface area (Å²) in [6.45, 7) is 7.92. The summed E-state index contributed by atoms with van der Waals surface area (Å²) in [6.07, 6.45) is 3.59. The Morgan fingerprint density at radius 3 is 2.83 bits per heavy atom. The Hall–Kier alpha value is -0.610. The molecule has 4 heteroatoms. The quantitative estimate of drug-likeness (QED) is 0.560. The predicted octanol–water partition coefficient (Wildman–Crippen LogP) is 2.11. The van der Waals surface area contributed by atoms with Gasteiger partial charge in [0.15, 0.2) is 0 Å². The van der Waals surface area contributed by atoms with E-state index in [1.54, 1.807) is 0 Å². The second kappa shape index (κ2) is 7.10. The normalized spacial score (nSPS) is 27.7. The van der Waals surface area contributed by atoms with Gasteiger partial charge in [0, 0.05) is 13.2 Å². The molecule has 1 saturated carbocycles. The van der Waals surface area contributed by atoms with Crippen LogP contribution >= 0.6 is 0 Å². The standard InChI is InChI=1S/C14H27NO3/c1-4-18-13(16)14(15)8-5-6-12(14)7-9-17-10-11(2)3/h11-12H,4-10,15H2,1-3H3. The van der Waals surface area contributed by atoms with E-state index in [9.17, 15) is 4.79 Å². The van der Waals surface area contributed by atoms with Crippen molar-refractivity contribution in [2.24, 2.45) is 17.6 Å². The molecule has 1 fully saturated rings. The van der Waals surface area contributed by atoms with Gasteiger partial charge in [-0.2, -0.15) is 0 Å². The molecule has 0 amide bonds. The SMILES string of the molecule is CCOC(=O)C1(N)CCCC1CCOCC(C)C. The smallest absolute Gasteiger partial charge is 0.326 e. The Kier molecular flexibility index (Phi) is 6.09. The molecule has 0 aliphatic heterocycles. The van der Waals surface area contributed by atoms with Crippen molar-refractivity contribution in [1.82, 2.24) is 0 Å². The molecule has 1 rings (SSSR count). The lowest BCUT2D eigenvalue weighted by molar-refractivity contribution is -0.151. The van der Waals surface area contributed by atoms with Gasteiger partial charge >= 0.3 is 5.97 Å². The molecule has 0 aromatic rings. The molecule has 2 N–H and O–H groups in total. The van der Waals surface area contributed by atoms with E-state index in [1.165, 1.54) is 0 Å². The molecule has 0 radical (unpaired) electrons. The Balaban J connectivity index is 2.41. The predicted molar refractivity (Wildman–Crippen MR) is 71.2 cm³/mol. The monoisotopic (exact) mass is 257 g/mol. The number of hydrogen-bond acceptors (Lipinski definition) is 4. The van der Waals surface area contributed by atoms with Gasteiger partial charge in [-0.3, -0.25) is 4.79 Å². The summed E-state index contributed by atoms with van der Waals surface area (Å²) < 4.78 is 10.7. The maximum absolute atomic E-state index is 11.9. The van der Waals surface area contributed by atoms with E-state index in [4.69, 9.17) is 15.2 Å². The Morgan fingerprint density at radius 2 is 2.22 bits per heavy atom. The van der Waals surface area contributed by atoms with E-state index in [1.807, 2.05) is 6.92 Å². The molecular formula is C14H27NO3. The molecule has 0 bridgehead atoms. The van der Waals surface area contributed by atoms with Crippen LogP contribution < -0.4 is 5.73 Å². The third-order valence-corrected chi connectivity index (χ3v) is 3.59. The summed E-state index contributed by atoms with van der Waals surface area (Å²) in [5.41, 5.74) is 5.46. The summed E-state index contributed by atoms with van der Waals surface area (Å²) in [6, 6.07) is 0. The van der Waals surface area contributed by atoms with Gasteiger partial charge in [0.25, 0.3) is 0 Å². The number of hydrogen-bond donors (Lipinski definition) is 1. The lowest BCUT2D eigenvalue weighted by atomic mass is 9.86. The maximum atomic E-state index is 11.9. The van der Waals surface area contributed by atoms with Crippen molar-refractivity contribution in [3.63, 3.8) is 0 Å². The fourth-order valence-electron chi connectivity index (χ4n) is 2.58. The van der Waals surface area contributed by atoms with Crippen LogP contribution in [0.5, 0.6) is 0 Å². The second-order valence-corrected chi connectivity index (χ2v) is 5.61. The number of esters is 1. The molecule has 0 spiro atoms. The zero-order chi connectivity index (χ0) is 13.6. The topological polar surface area (TPSA) is 61.5 Å². The van der Waals surface area contributed by atoms with Crippen LogP contribution in [0.25, 0.3) is 0 Å². The molecule has 0 heterocycles. The molecule has 0 aromatic carbocycles. The van der Waals surface area contributed by atoms with Crippen molar-refractivity contribution in [3.8, 4) is 0 Å². The lowest BCUT2D eigenvalue weighted by Gasteiger charge is -2.29. The summed E-state index contributed by atoms with van der Waals surface area (Å²) in [5, 5.41) is 0. The van der Waals surface area contributed by atoms with Crippen molar-refractivity contribution in [2.45, 2.75) is 52.0 Å². The van der Waals surface area contributed by atoms with Crippen LogP contribution in [0.4, 0.5) is 0 Å². The van der Waals surface area contributed by atoms with Crippen LogP contribution in [-0.4, -0.2) is 31.3 Å². The third-order valence-electron chi connectivity index (χ3n) is 3.59. The zero-order valence-electron chi connectivity index (χ0n) is 11.9. The molecule has 2 atom stereocenters. The summed E-state index contributed by atoms with van der Waals surface area (Å²) in [7, 11) is 0. The zero-order valence-corrected chi connectivity index (χ0v) is 11.9. The van der Waals surface area contributed by atoms with Crippen molar-refractivity contribution < 1.29 is 14.3 Å². The van der Waals surface area contributed by atoms with Crippen molar-refractivity contribution >= 4 is 5.97 Å². The minimum atomic E-state index is -0.781. The molecule has 0 saturated heterocycles. The molecule has 4 nitrogen and oxygen atoms in total. The molecule has 106 valence electrons. The van der Waals surface area contributed by atoms with Crippen molar-refractivity contribution in [2.75, 3.05) is 19.8 Å². The summed E-state index contributed by atoms with van der Waals surface area (Å²) in [5.74, 6) is 0.501. The number of rotatable bonds is 7. The van der Waals surface area contributed by atoms with Crippen molar-refractivity contribution in [3.05, 3.63) is 0 Å². The van der Waals surface area contributed by atoms with Gasteiger partial charge in [-0.15, -0.1) is 0 Å². The van der Waals surface area contributed by atoms with Gasteiger partial charge in [-0.25, -0.2) is 0 Å². The van der Waals surface area contributed by atoms with Gasteiger partial charge in [-0.1, -0.05) is 20.3 Å². The second-order valence-electron chi connectivity index (χ2n) is 5.61. The fraction of sp³-hybridized carbons (Fsp3) is 0.929. The van der Waals surface area contributed by atoms with Crippen LogP contribution in [0.2, 0.25) is 0 Å². The summed E-state index contributed by atoms with van der Waals surface area (Å²) >= 11 is 0. The molecule has 18 heavy (non-hydrogen) atoms. The van der Waals surface area contributed by atoms with E-state index < -0.39 is 5.54 Å². The highest BCUT2D eigenvalue weighted by Gasteiger charge is 2.46. The minimum Gasteiger partial charge on any atom is -0.465 e. The average Bonchev–Trinajstić information content (AvgIpc) is 2.68. The summed E-state index contributed by atoms with van der Waals surface area (Å²) in [4.78, 5) is 11.9. The molecule has 1 aliphatic rings. The van der Waals surface area contributed by atoms with Crippen LogP contribution in [-0.2, 0) is 14.3 Å². The van der Waals surface area contributed by atoms with Crippen LogP contribution in [0.1, 0.15) is 46.5 Å². The van der Waals surface area contributed by atoms with Crippen LogP contribution in [0.3, 0.4) is 0 Å². The molecule has 0 aromatic heterocycles. The first kappa shape index (κ1) is 15.4. The van der Waals surface area contributed by atoms with E-state index in [-0.39, 0.29) is 11.9 Å². The van der Waals surface area contributed by atoms with E-state index in [0.717, 1.165) is 32.3 Å². The average molecular weight is 257 g/mol. The Labute approximate surface area is 110 Å². The van der Waals surface area contributed by atoms with Crippen molar-refractivity contribution in [1.29, 1.82) is 0 Å². The van der Waals surface area contributed by atoms with Gasteiger partial charge in [0.1, 0.15) is 5.54 Å². The van der Waals surface area contributed by atoms with Gasteiger partial charge in [-0.05, 0) is 38.0 Å². The minimum absolute atomic E-state index is 0.198. The van der Waals surface area contributed by atoms with Gasteiger partial charge in [0.2, 0.25) is 0 Å². The molecule has 1 aliphatic carbocycles. The Bertz CT molecular complexity index is 268. The first-order valence-corrected chi connectivity index (χ1v) is 7.04. The molecule has 2 unspecified atom stereocenters. The lowest BCUT2D eigenvalue weighted by Crippen LogP contribution is -2.52. The number of carbonyl (C=O) groups is 1. The van der Waals surface area contributed by atoms with E-state index in [0.29, 0.717) is 19.1 Å². The highest BCUT2D eigenvalue weighted by Crippen LogP contribution is 2.37. The van der Waals surface area contributed by atoms with E-state index >= 15 is 0 Å². The van der Waals surface area contributed by atoms with Crippen LogP contribution in [0.15, 0.2) is 0 Å². The molecular weight excluding hydrogens is 230 g/mol. The maximum Gasteiger partial charge on any atom is 0.326 e. The van der Waals surface area contributed by atoms with E-state index in [2.05, 4.69) is 13.8 Å². The van der Waals surface area contributed by atoms with Gasteiger partial charge in [0.05, 0.1) is 6.61 Å². The third kappa shape index (κ3) is 3.95. The Morgan fingerprint density at radius 1 is 1.50 bits per heavy atom. The number of ether oxygens (including phenoxy) is 2. The number of carbonyl (C=O) groups excluding carboxylic acids is 1. The highest BCUT2D eigenvalue weighted by atomic mass is 16.5. The van der Waals surface area contributed by atoms with Crippen LogP contribution in [0, 0.1) is 11.8 Å². The first-order chi connectivity index (χ1) is 8.50. The fourth-order valence-corrected chi connectivity index (χ4v) is 2.58.